The van der Waals surface area contributed by atoms with Crippen molar-refractivity contribution < 1.29 is 4.79 Å². The quantitative estimate of drug-likeness (QED) is 0.813. The van der Waals surface area contributed by atoms with Crippen LogP contribution in [0.3, 0.4) is 0 Å². The van der Waals surface area contributed by atoms with Crippen molar-refractivity contribution in [2.75, 3.05) is 0 Å². The summed E-state index contributed by atoms with van der Waals surface area (Å²) in [5, 5.41) is 3.71. The van der Waals surface area contributed by atoms with E-state index in [9.17, 15) is 4.79 Å². The molecule has 4 heteroatoms. The molecule has 1 amide bonds. The predicted molar refractivity (Wildman–Crippen MR) is 78.6 cm³/mol. The number of hydrogen-bond acceptors (Lipinski definition) is 1. The second kappa shape index (κ2) is 6.07. The zero-order chi connectivity index (χ0) is 13.1. The van der Waals surface area contributed by atoms with Crippen LogP contribution in [0, 0.1) is 6.92 Å². The van der Waals surface area contributed by atoms with Crippen LogP contribution in [-0.2, 0) is 0 Å². The molecule has 0 aromatic heterocycles. The molecule has 2 atom stereocenters. The van der Waals surface area contributed by atoms with E-state index in [1.165, 1.54) is 12.8 Å². The van der Waals surface area contributed by atoms with Gasteiger partial charge in [-0.15, -0.1) is 0 Å². The van der Waals surface area contributed by atoms with Gasteiger partial charge in [-0.1, -0.05) is 40.4 Å². The highest BCUT2D eigenvalue weighted by Crippen LogP contribution is 2.25. The summed E-state index contributed by atoms with van der Waals surface area (Å²) >= 11 is 9.62. The number of aryl methyl sites for hydroxylation is 1. The van der Waals surface area contributed by atoms with Gasteiger partial charge >= 0.3 is 0 Å². The van der Waals surface area contributed by atoms with E-state index in [1.807, 2.05) is 19.1 Å². The molecule has 1 aromatic rings. The van der Waals surface area contributed by atoms with E-state index in [2.05, 4.69) is 21.2 Å². The molecule has 1 aliphatic carbocycles. The minimum atomic E-state index is -0.0306. The third kappa shape index (κ3) is 3.48. The Morgan fingerprint density at radius 2 is 2.06 bits per heavy atom. The summed E-state index contributed by atoms with van der Waals surface area (Å²) in [5.74, 6) is -0.0306. The number of nitrogens with one attached hydrogen (secondary N) is 1. The molecule has 1 aliphatic rings. The number of alkyl halides is 1. The lowest BCUT2D eigenvalue weighted by molar-refractivity contribution is 0.0929. The van der Waals surface area contributed by atoms with Crippen LogP contribution in [-0.4, -0.2) is 16.8 Å². The highest BCUT2D eigenvalue weighted by atomic mass is 79.9. The number of halogens is 2. The van der Waals surface area contributed by atoms with Crippen LogP contribution in [0.15, 0.2) is 18.2 Å². The fourth-order valence-electron chi connectivity index (χ4n) is 2.37. The van der Waals surface area contributed by atoms with Crippen LogP contribution in [0.4, 0.5) is 0 Å². The molecule has 1 fully saturated rings. The van der Waals surface area contributed by atoms with Gasteiger partial charge in [-0.2, -0.15) is 0 Å². The van der Waals surface area contributed by atoms with E-state index in [0.29, 0.717) is 15.4 Å². The normalized spacial score (nSPS) is 23.7. The molecule has 1 N–H and O–H groups in total. The topological polar surface area (TPSA) is 29.1 Å². The van der Waals surface area contributed by atoms with E-state index >= 15 is 0 Å². The standard InChI is InChI=1S/C14H17BrClNO/c1-9-6-10(8-11(16)7-9)14(18)17-13-5-3-2-4-12(13)15/h6-8,12-13H,2-5H2,1H3,(H,17,18). The number of hydrogen-bond donors (Lipinski definition) is 1. The van der Waals surface area contributed by atoms with Gasteiger partial charge in [-0.05, 0) is 43.5 Å². The van der Waals surface area contributed by atoms with Gasteiger partial charge in [0.1, 0.15) is 0 Å². The minimum Gasteiger partial charge on any atom is -0.348 e. The Kier molecular flexibility index (Phi) is 4.68. The molecule has 0 aliphatic heterocycles. The molecule has 0 heterocycles. The predicted octanol–water partition coefficient (Wildman–Crippen LogP) is 4.08. The fourth-order valence-corrected chi connectivity index (χ4v) is 3.38. The Bertz CT molecular complexity index is 429. The third-order valence-corrected chi connectivity index (χ3v) is 4.62. The number of carbonyl (C=O) groups is 1. The van der Waals surface area contributed by atoms with Crippen molar-refractivity contribution in [1.29, 1.82) is 0 Å². The number of rotatable bonds is 2. The molecule has 2 nitrogen and oxygen atoms in total. The SMILES string of the molecule is Cc1cc(Cl)cc(C(=O)NC2CCCCC2Br)c1. The average Bonchev–Trinajstić information content (AvgIpc) is 2.31. The molecular formula is C14H17BrClNO. The number of carbonyl (C=O) groups excluding carboxylic acids is 1. The summed E-state index contributed by atoms with van der Waals surface area (Å²) in [7, 11) is 0. The Hall–Kier alpha value is -0.540. The number of amides is 1. The van der Waals surface area contributed by atoms with Gasteiger partial charge < -0.3 is 5.32 Å². The second-order valence-corrected chi connectivity index (χ2v) is 6.51. The smallest absolute Gasteiger partial charge is 0.251 e. The molecule has 1 aromatic carbocycles. The van der Waals surface area contributed by atoms with Gasteiger partial charge in [-0.3, -0.25) is 4.79 Å². The summed E-state index contributed by atoms with van der Waals surface area (Å²) in [4.78, 5) is 12.6. The van der Waals surface area contributed by atoms with Gasteiger partial charge in [0.15, 0.2) is 0 Å². The van der Waals surface area contributed by atoms with Crippen molar-refractivity contribution in [2.24, 2.45) is 0 Å². The molecule has 2 rings (SSSR count). The molecule has 2 unspecified atom stereocenters. The van der Waals surface area contributed by atoms with Crippen LogP contribution in [0.2, 0.25) is 5.02 Å². The first-order valence-corrected chi connectivity index (χ1v) is 7.58. The lowest BCUT2D eigenvalue weighted by Crippen LogP contribution is -2.42. The van der Waals surface area contributed by atoms with Crippen molar-refractivity contribution in [3.05, 3.63) is 34.3 Å². The zero-order valence-electron chi connectivity index (χ0n) is 10.4. The molecule has 18 heavy (non-hydrogen) atoms. The Morgan fingerprint density at radius 1 is 1.33 bits per heavy atom. The molecule has 0 saturated heterocycles. The van der Waals surface area contributed by atoms with Crippen LogP contribution in [0.25, 0.3) is 0 Å². The maximum absolute atomic E-state index is 12.2. The van der Waals surface area contributed by atoms with Crippen molar-refractivity contribution in [2.45, 2.75) is 43.5 Å². The van der Waals surface area contributed by atoms with E-state index in [-0.39, 0.29) is 11.9 Å². The first-order chi connectivity index (χ1) is 8.56. The molecule has 0 radical (unpaired) electrons. The lowest BCUT2D eigenvalue weighted by Gasteiger charge is -2.28. The van der Waals surface area contributed by atoms with Crippen LogP contribution in [0.5, 0.6) is 0 Å². The van der Waals surface area contributed by atoms with Crippen LogP contribution in [0.1, 0.15) is 41.6 Å². The maximum atomic E-state index is 12.2. The molecule has 0 bridgehead atoms. The fraction of sp³-hybridized carbons (Fsp3) is 0.500. The molecule has 98 valence electrons. The van der Waals surface area contributed by atoms with E-state index in [4.69, 9.17) is 11.6 Å². The van der Waals surface area contributed by atoms with Gasteiger partial charge in [-0.25, -0.2) is 0 Å². The summed E-state index contributed by atoms with van der Waals surface area (Å²) in [6, 6.07) is 5.67. The van der Waals surface area contributed by atoms with E-state index < -0.39 is 0 Å². The summed E-state index contributed by atoms with van der Waals surface area (Å²) in [6.07, 6.45) is 4.58. The van der Waals surface area contributed by atoms with Gasteiger partial charge in [0.05, 0.1) is 0 Å². The van der Waals surface area contributed by atoms with Crippen molar-refractivity contribution in [3.63, 3.8) is 0 Å². The Morgan fingerprint density at radius 3 is 2.72 bits per heavy atom. The lowest BCUT2D eigenvalue weighted by atomic mass is 9.95. The van der Waals surface area contributed by atoms with Crippen LogP contribution >= 0.6 is 27.5 Å². The largest absolute Gasteiger partial charge is 0.348 e. The van der Waals surface area contributed by atoms with Gasteiger partial charge in [0.25, 0.3) is 5.91 Å². The van der Waals surface area contributed by atoms with E-state index in [0.717, 1.165) is 18.4 Å². The third-order valence-electron chi connectivity index (χ3n) is 3.30. The minimum absolute atomic E-state index is 0.0306. The number of benzene rings is 1. The highest BCUT2D eigenvalue weighted by Gasteiger charge is 2.24. The van der Waals surface area contributed by atoms with E-state index in [1.54, 1.807) is 6.07 Å². The van der Waals surface area contributed by atoms with Crippen molar-refractivity contribution in [1.82, 2.24) is 5.32 Å². The zero-order valence-corrected chi connectivity index (χ0v) is 12.7. The second-order valence-electron chi connectivity index (χ2n) is 4.90. The summed E-state index contributed by atoms with van der Waals surface area (Å²) in [6.45, 7) is 1.94. The first-order valence-electron chi connectivity index (χ1n) is 6.28. The van der Waals surface area contributed by atoms with Crippen LogP contribution < -0.4 is 5.32 Å². The molecular weight excluding hydrogens is 314 g/mol. The Balaban J connectivity index is 2.06. The van der Waals surface area contributed by atoms with Crippen molar-refractivity contribution >= 4 is 33.4 Å². The van der Waals surface area contributed by atoms with Gasteiger partial charge in [0, 0.05) is 21.5 Å². The van der Waals surface area contributed by atoms with Gasteiger partial charge in [0.2, 0.25) is 0 Å². The Labute approximate surface area is 121 Å². The molecule has 1 saturated carbocycles. The maximum Gasteiger partial charge on any atom is 0.251 e. The van der Waals surface area contributed by atoms with Crippen molar-refractivity contribution in [3.8, 4) is 0 Å². The first kappa shape index (κ1) is 13.9. The average molecular weight is 331 g/mol. The monoisotopic (exact) mass is 329 g/mol. The summed E-state index contributed by atoms with van der Waals surface area (Å²) in [5.41, 5.74) is 1.65. The molecule has 0 spiro atoms. The highest BCUT2D eigenvalue weighted by molar-refractivity contribution is 9.09. The summed E-state index contributed by atoms with van der Waals surface area (Å²) < 4.78 is 0.